The molecule has 0 spiro atoms. The first-order valence-electron chi connectivity index (χ1n) is 15.4. The van der Waals surface area contributed by atoms with Crippen LogP contribution in [0.4, 0.5) is 22.7 Å². The summed E-state index contributed by atoms with van der Waals surface area (Å²) in [5, 5.41) is 5.32. The Morgan fingerprint density at radius 2 is 1.33 bits per heavy atom. The molecular weight excluding hydrogens is 637 g/mol. The number of anilines is 4. The normalized spacial score (nSPS) is 12.7. The standard InChI is InChI=1S/C39H34N4O3S2/c1-26(39(46)43-33-13-7-9-15-35(33)48-36-16-10-8-14-34(36)43)47-31-23-19-29(20-24-31)40-38(45)32(41-37(44)28-11-5-4-6-12-28)25-27-17-21-30(22-18-27)42(2)3/h4-26H,1-3H3,(H,40,45)(H,41,44)/b32-25-. The van der Waals surface area contributed by atoms with E-state index in [0.29, 0.717) is 11.3 Å². The first-order valence-corrected chi connectivity index (χ1v) is 17.1. The SMILES string of the molecule is CC(Sc1ccc(NC(=O)/C(=C/c2ccc(N(C)C)cc2)NC(=O)c2ccccc2)cc1)C(=O)N1c2ccccc2Sc2ccccc21. The lowest BCUT2D eigenvalue weighted by Crippen LogP contribution is -2.34. The number of rotatable bonds is 9. The van der Waals surface area contributed by atoms with Crippen LogP contribution in [0.2, 0.25) is 0 Å². The number of carbonyl (C=O) groups excluding carboxylic acids is 3. The van der Waals surface area contributed by atoms with E-state index in [9.17, 15) is 14.4 Å². The van der Waals surface area contributed by atoms with Crippen LogP contribution in [0, 0.1) is 0 Å². The lowest BCUT2D eigenvalue weighted by molar-refractivity contribution is -0.117. The zero-order valence-corrected chi connectivity index (χ0v) is 28.3. The van der Waals surface area contributed by atoms with E-state index in [1.807, 2.05) is 122 Å². The van der Waals surface area contributed by atoms with Crippen LogP contribution < -0.4 is 20.4 Å². The van der Waals surface area contributed by atoms with E-state index in [0.717, 1.165) is 37.3 Å². The van der Waals surface area contributed by atoms with Crippen molar-refractivity contribution in [2.45, 2.75) is 26.9 Å². The Balaban J connectivity index is 1.16. The summed E-state index contributed by atoms with van der Waals surface area (Å²) in [6, 6.07) is 39.7. The van der Waals surface area contributed by atoms with Gasteiger partial charge in [-0.2, -0.15) is 0 Å². The van der Waals surface area contributed by atoms with E-state index < -0.39 is 5.91 Å². The fourth-order valence-corrected chi connectivity index (χ4v) is 7.14. The van der Waals surface area contributed by atoms with E-state index in [-0.39, 0.29) is 22.8 Å². The summed E-state index contributed by atoms with van der Waals surface area (Å²) in [7, 11) is 3.91. The average molecular weight is 671 g/mol. The molecule has 3 amide bonds. The van der Waals surface area contributed by atoms with E-state index in [4.69, 9.17) is 0 Å². The molecule has 240 valence electrons. The molecular formula is C39H34N4O3S2. The van der Waals surface area contributed by atoms with Gasteiger partial charge in [0, 0.05) is 45.7 Å². The second-order valence-electron chi connectivity index (χ2n) is 11.3. The molecule has 7 nitrogen and oxygen atoms in total. The number of fused-ring (bicyclic) bond motifs is 2. The molecule has 0 saturated carbocycles. The molecule has 0 radical (unpaired) electrons. The summed E-state index contributed by atoms with van der Waals surface area (Å²) in [4.78, 5) is 47.2. The van der Waals surface area contributed by atoms with Gasteiger partial charge in [-0.05, 0) is 91.4 Å². The number of nitrogens with zero attached hydrogens (tertiary/aromatic N) is 2. The number of carbonyl (C=O) groups is 3. The fourth-order valence-electron chi connectivity index (χ4n) is 5.17. The Morgan fingerprint density at radius 1 is 0.750 bits per heavy atom. The lowest BCUT2D eigenvalue weighted by atomic mass is 10.1. The molecule has 1 atom stereocenters. The first kappa shape index (κ1) is 32.7. The smallest absolute Gasteiger partial charge is 0.272 e. The van der Waals surface area contributed by atoms with Gasteiger partial charge in [0.15, 0.2) is 0 Å². The highest BCUT2D eigenvalue weighted by atomic mass is 32.2. The van der Waals surface area contributed by atoms with Gasteiger partial charge < -0.3 is 15.5 Å². The third-order valence-corrected chi connectivity index (χ3v) is 9.90. The van der Waals surface area contributed by atoms with Crippen LogP contribution in [0.3, 0.4) is 0 Å². The maximum absolute atomic E-state index is 13.9. The summed E-state index contributed by atoms with van der Waals surface area (Å²) in [6.07, 6.45) is 1.66. The number of thioether (sulfide) groups is 1. The molecule has 1 unspecified atom stereocenters. The van der Waals surface area contributed by atoms with Gasteiger partial charge >= 0.3 is 0 Å². The molecule has 0 aromatic heterocycles. The molecule has 2 N–H and O–H groups in total. The maximum atomic E-state index is 13.9. The molecule has 1 aliphatic rings. The quantitative estimate of drug-likeness (QED) is 0.121. The van der Waals surface area contributed by atoms with Gasteiger partial charge in [-0.1, -0.05) is 66.4 Å². The van der Waals surface area contributed by atoms with Crippen molar-refractivity contribution >= 4 is 70.1 Å². The first-order chi connectivity index (χ1) is 23.3. The Bertz CT molecular complexity index is 1930. The highest BCUT2D eigenvalue weighted by Gasteiger charge is 2.31. The Morgan fingerprint density at radius 3 is 1.94 bits per heavy atom. The topological polar surface area (TPSA) is 81.8 Å². The summed E-state index contributed by atoms with van der Waals surface area (Å²) >= 11 is 3.12. The Hall–Kier alpha value is -5.25. The van der Waals surface area contributed by atoms with Crippen molar-refractivity contribution in [3.05, 3.63) is 144 Å². The minimum absolute atomic E-state index is 0.0138. The van der Waals surface area contributed by atoms with Crippen molar-refractivity contribution in [2.75, 3.05) is 29.2 Å². The monoisotopic (exact) mass is 670 g/mol. The minimum atomic E-state index is -0.458. The van der Waals surface area contributed by atoms with Gasteiger partial charge in [0.05, 0.1) is 16.6 Å². The Labute approximate surface area is 289 Å². The molecule has 0 aliphatic carbocycles. The molecule has 48 heavy (non-hydrogen) atoms. The average Bonchev–Trinajstić information content (AvgIpc) is 3.11. The molecule has 0 saturated heterocycles. The van der Waals surface area contributed by atoms with Gasteiger partial charge in [-0.3, -0.25) is 19.3 Å². The predicted octanol–water partition coefficient (Wildman–Crippen LogP) is 8.47. The summed E-state index contributed by atoms with van der Waals surface area (Å²) in [6.45, 7) is 1.91. The minimum Gasteiger partial charge on any atom is -0.378 e. The Kier molecular flexibility index (Phi) is 9.99. The van der Waals surface area contributed by atoms with Gasteiger partial charge in [-0.25, -0.2) is 0 Å². The summed E-state index contributed by atoms with van der Waals surface area (Å²) < 4.78 is 0. The molecule has 6 rings (SSSR count). The van der Waals surface area contributed by atoms with E-state index in [1.165, 1.54) is 11.8 Å². The maximum Gasteiger partial charge on any atom is 0.272 e. The van der Waals surface area contributed by atoms with E-state index in [2.05, 4.69) is 10.6 Å². The van der Waals surface area contributed by atoms with Crippen LogP contribution in [-0.2, 0) is 9.59 Å². The van der Waals surface area contributed by atoms with Crippen LogP contribution in [0.25, 0.3) is 6.08 Å². The number of hydrogen-bond acceptors (Lipinski definition) is 6. The predicted molar refractivity (Wildman–Crippen MR) is 197 cm³/mol. The van der Waals surface area contributed by atoms with Gasteiger partial charge in [0.25, 0.3) is 11.8 Å². The van der Waals surface area contributed by atoms with Crippen LogP contribution >= 0.6 is 23.5 Å². The fraction of sp³-hybridized carbons (Fsp3) is 0.103. The highest BCUT2D eigenvalue weighted by Crippen LogP contribution is 2.48. The molecule has 9 heteroatoms. The number of para-hydroxylation sites is 2. The van der Waals surface area contributed by atoms with Crippen molar-refractivity contribution in [2.24, 2.45) is 0 Å². The molecule has 0 fully saturated rings. The highest BCUT2D eigenvalue weighted by molar-refractivity contribution is 8.00. The molecule has 1 aliphatic heterocycles. The molecule has 0 bridgehead atoms. The molecule has 5 aromatic rings. The van der Waals surface area contributed by atoms with Gasteiger partial charge in [-0.15, -0.1) is 11.8 Å². The number of nitrogens with one attached hydrogen (secondary N) is 2. The van der Waals surface area contributed by atoms with Gasteiger partial charge in [0.1, 0.15) is 5.70 Å². The second-order valence-corrected chi connectivity index (χ2v) is 13.8. The van der Waals surface area contributed by atoms with Crippen molar-refractivity contribution in [3.8, 4) is 0 Å². The molecule has 5 aromatic carbocycles. The lowest BCUT2D eigenvalue weighted by Gasteiger charge is -2.32. The van der Waals surface area contributed by atoms with E-state index >= 15 is 0 Å². The zero-order valence-electron chi connectivity index (χ0n) is 26.7. The number of benzene rings is 5. The summed E-state index contributed by atoms with van der Waals surface area (Å²) in [5.74, 6) is -0.856. The van der Waals surface area contributed by atoms with Crippen LogP contribution in [0.5, 0.6) is 0 Å². The van der Waals surface area contributed by atoms with Crippen molar-refractivity contribution in [1.82, 2.24) is 5.32 Å². The number of amides is 3. The molecule has 1 heterocycles. The summed E-state index contributed by atoms with van der Waals surface area (Å²) in [5.41, 5.74) is 4.66. The largest absolute Gasteiger partial charge is 0.378 e. The van der Waals surface area contributed by atoms with Crippen molar-refractivity contribution < 1.29 is 14.4 Å². The van der Waals surface area contributed by atoms with Gasteiger partial charge in [0.2, 0.25) is 5.91 Å². The van der Waals surface area contributed by atoms with E-state index in [1.54, 1.807) is 54.2 Å². The number of hydrogen-bond donors (Lipinski definition) is 2. The van der Waals surface area contributed by atoms with Crippen LogP contribution in [0.15, 0.2) is 148 Å². The van der Waals surface area contributed by atoms with Crippen LogP contribution in [-0.4, -0.2) is 37.1 Å². The van der Waals surface area contributed by atoms with Crippen molar-refractivity contribution in [1.29, 1.82) is 0 Å². The van der Waals surface area contributed by atoms with Crippen molar-refractivity contribution in [3.63, 3.8) is 0 Å². The van der Waals surface area contributed by atoms with Crippen LogP contribution in [0.1, 0.15) is 22.8 Å². The zero-order chi connectivity index (χ0) is 33.6. The second kappa shape index (κ2) is 14.7. The third kappa shape index (κ3) is 7.48. The third-order valence-electron chi connectivity index (χ3n) is 7.67.